The molecule has 2 N–H and O–H groups in total. The van der Waals surface area contributed by atoms with Crippen LogP contribution in [0.25, 0.3) is 0 Å². The molecule has 1 fully saturated rings. The van der Waals surface area contributed by atoms with Gasteiger partial charge in [-0.3, -0.25) is 0 Å². The summed E-state index contributed by atoms with van der Waals surface area (Å²) in [5.41, 5.74) is 1.39. The van der Waals surface area contributed by atoms with Crippen molar-refractivity contribution in [3.05, 3.63) is 21.9 Å². The Morgan fingerprint density at radius 3 is 2.79 bits per heavy atom. The Bertz CT molecular complexity index is 298. The van der Waals surface area contributed by atoms with Crippen molar-refractivity contribution < 1.29 is 5.11 Å². The smallest absolute Gasteiger partial charge is 0.0613 e. The Morgan fingerprint density at radius 1 is 1.57 bits per heavy atom. The van der Waals surface area contributed by atoms with E-state index in [1.165, 1.54) is 16.9 Å². The van der Waals surface area contributed by atoms with Gasteiger partial charge in [-0.2, -0.15) is 0 Å². The van der Waals surface area contributed by atoms with E-state index in [1.807, 2.05) is 0 Å². The zero-order valence-corrected chi connectivity index (χ0v) is 9.36. The topological polar surface area (TPSA) is 32.3 Å². The molecule has 14 heavy (non-hydrogen) atoms. The minimum absolute atomic E-state index is 0.0381. The second-order valence-corrected chi connectivity index (χ2v) is 5.17. The SMILES string of the molecule is Cc1ccsc1CNC1(CO)CCC1. The average molecular weight is 211 g/mol. The summed E-state index contributed by atoms with van der Waals surface area (Å²) < 4.78 is 0. The summed E-state index contributed by atoms with van der Waals surface area (Å²) in [6.45, 7) is 3.32. The van der Waals surface area contributed by atoms with Crippen molar-refractivity contribution in [2.45, 2.75) is 38.3 Å². The van der Waals surface area contributed by atoms with Crippen molar-refractivity contribution in [1.29, 1.82) is 0 Å². The lowest BCUT2D eigenvalue weighted by Gasteiger charge is -2.41. The fourth-order valence-electron chi connectivity index (χ4n) is 1.85. The molecule has 0 radical (unpaired) electrons. The van der Waals surface area contributed by atoms with Crippen LogP contribution in [0.3, 0.4) is 0 Å². The van der Waals surface area contributed by atoms with E-state index in [0.29, 0.717) is 0 Å². The number of aliphatic hydroxyl groups excluding tert-OH is 1. The molecule has 0 amide bonds. The predicted molar refractivity (Wildman–Crippen MR) is 59.6 cm³/mol. The van der Waals surface area contributed by atoms with Gasteiger partial charge in [0.2, 0.25) is 0 Å². The lowest BCUT2D eigenvalue weighted by molar-refractivity contribution is 0.0874. The van der Waals surface area contributed by atoms with Gasteiger partial charge in [0, 0.05) is 17.0 Å². The molecule has 0 aliphatic heterocycles. The molecule has 2 nitrogen and oxygen atoms in total. The van der Waals surface area contributed by atoms with Crippen LogP contribution < -0.4 is 5.32 Å². The van der Waals surface area contributed by atoms with E-state index in [2.05, 4.69) is 23.7 Å². The van der Waals surface area contributed by atoms with E-state index in [4.69, 9.17) is 0 Å². The minimum Gasteiger partial charge on any atom is -0.394 e. The summed E-state index contributed by atoms with van der Waals surface area (Å²) in [5, 5.41) is 14.9. The summed E-state index contributed by atoms with van der Waals surface area (Å²) in [5.74, 6) is 0. The molecule has 1 aromatic heterocycles. The van der Waals surface area contributed by atoms with Crippen molar-refractivity contribution >= 4 is 11.3 Å². The molecule has 78 valence electrons. The highest BCUT2D eigenvalue weighted by molar-refractivity contribution is 7.10. The van der Waals surface area contributed by atoms with Gasteiger partial charge in [0.1, 0.15) is 0 Å². The predicted octanol–water partition coefficient (Wildman–Crippen LogP) is 2.06. The highest BCUT2D eigenvalue weighted by Crippen LogP contribution is 2.31. The number of aliphatic hydroxyl groups is 1. The van der Waals surface area contributed by atoms with Crippen LogP contribution in [0.15, 0.2) is 11.4 Å². The molecule has 3 heteroatoms. The Labute approximate surface area is 89.0 Å². The first-order chi connectivity index (χ1) is 6.76. The summed E-state index contributed by atoms with van der Waals surface area (Å²) in [6, 6.07) is 2.15. The normalized spacial score (nSPS) is 19.3. The van der Waals surface area contributed by atoms with Crippen LogP contribution in [-0.2, 0) is 6.54 Å². The fraction of sp³-hybridized carbons (Fsp3) is 0.636. The summed E-state index contributed by atoms with van der Waals surface area (Å²) in [7, 11) is 0. The quantitative estimate of drug-likeness (QED) is 0.799. The molecular formula is C11H17NOS. The van der Waals surface area contributed by atoms with Crippen molar-refractivity contribution in [2.24, 2.45) is 0 Å². The largest absolute Gasteiger partial charge is 0.394 e. The maximum atomic E-state index is 9.28. The molecule has 1 aromatic rings. The molecule has 1 heterocycles. The van der Waals surface area contributed by atoms with Crippen LogP contribution in [0.1, 0.15) is 29.7 Å². The van der Waals surface area contributed by atoms with E-state index in [0.717, 1.165) is 19.4 Å². The van der Waals surface area contributed by atoms with Crippen LogP contribution in [0.5, 0.6) is 0 Å². The second kappa shape index (κ2) is 4.01. The third-order valence-electron chi connectivity index (χ3n) is 3.21. The van der Waals surface area contributed by atoms with Crippen molar-refractivity contribution in [3.8, 4) is 0 Å². The van der Waals surface area contributed by atoms with Crippen LogP contribution in [0.2, 0.25) is 0 Å². The molecular weight excluding hydrogens is 194 g/mol. The first kappa shape index (κ1) is 10.1. The monoisotopic (exact) mass is 211 g/mol. The van der Waals surface area contributed by atoms with E-state index < -0.39 is 0 Å². The average Bonchev–Trinajstić information content (AvgIpc) is 2.51. The lowest BCUT2D eigenvalue weighted by atomic mass is 9.77. The van der Waals surface area contributed by atoms with Crippen molar-refractivity contribution in [1.82, 2.24) is 5.32 Å². The van der Waals surface area contributed by atoms with Gasteiger partial charge in [-0.25, -0.2) is 0 Å². The van der Waals surface area contributed by atoms with Crippen LogP contribution in [-0.4, -0.2) is 17.3 Å². The van der Waals surface area contributed by atoms with Gasteiger partial charge in [0.25, 0.3) is 0 Å². The van der Waals surface area contributed by atoms with E-state index >= 15 is 0 Å². The van der Waals surface area contributed by atoms with E-state index in [-0.39, 0.29) is 12.1 Å². The minimum atomic E-state index is 0.0381. The maximum absolute atomic E-state index is 9.28. The molecule has 0 saturated heterocycles. The van der Waals surface area contributed by atoms with Gasteiger partial charge in [-0.05, 0) is 43.2 Å². The number of aryl methyl sites for hydroxylation is 1. The van der Waals surface area contributed by atoms with Crippen molar-refractivity contribution in [2.75, 3.05) is 6.61 Å². The Balaban J connectivity index is 1.90. The van der Waals surface area contributed by atoms with Gasteiger partial charge < -0.3 is 10.4 Å². The molecule has 0 atom stereocenters. The molecule has 1 aliphatic rings. The first-order valence-corrected chi connectivity index (χ1v) is 6.03. The van der Waals surface area contributed by atoms with Gasteiger partial charge in [0.05, 0.1) is 6.61 Å². The number of hydrogen-bond donors (Lipinski definition) is 2. The first-order valence-electron chi connectivity index (χ1n) is 5.15. The highest BCUT2D eigenvalue weighted by Gasteiger charge is 2.35. The molecule has 1 saturated carbocycles. The third-order valence-corrected chi connectivity index (χ3v) is 4.23. The van der Waals surface area contributed by atoms with Gasteiger partial charge in [0.15, 0.2) is 0 Å². The third kappa shape index (κ3) is 1.85. The zero-order chi connectivity index (χ0) is 10.0. The molecule has 0 bridgehead atoms. The number of nitrogens with one attached hydrogen (secondary N) is 1. The van der Waals surface area contributed by atoms with Crippen LogP contribution >= 0.6 is 11.3 Å². The van der Waals surface area contributed by atoms with E-state index in [1.54, 1.807) is 11.3 Å². The van der Waals surface area contributed by atoms with Crippen molar-refractivity contribution in [3.63, 3.8) is 0 Å². The highest BCUT2D eigenvalue weighted by atomic mass is 32.1. The molecule has 0 aromatic carbocycles. The number of rotatable bonds is 4. The molecule has 0 unspecified atom stereocenters. The Hall–Kier alpha value is -0.380. The molecule has 0 spiro atoms. The molecule has 1 aliphatic carbocycles. The zero-order valence-electron chi connectivity index (χ0n) is 8.55. The summed E-state index contributed by atoms with van der Waals surface area (Å²) >= 11 is 1.79. The lowest BCUT2D eigenvalue weighted by Crippen LogP contribution is -2.53. The van der Waals surface area contributed by atoms with Gasteiger partial charge in [-0.15, -0.1) is 11.3 Å². The molecule has 2 rings (SSSR count). The second-order valence-electron chi connectivity index (χ2n) is 4.17. The van der Waals surface area contributed by atoms with Crippen LogP contribution in [0, 0.1) is 6.92 Å². The number of thiophene rings is 1. The fourth-order valence-corrected chi connectivity index (χ4v) is 2.69. The summed E-state index contributed by atoms with van der Waals surface area (Å²) in [4.78, 5) is 1.39. The Kier molecular flexibility index (Phi) is 2.91. The standard InChI is InChI=1S/C11H17NOS/c1-9-3-6-14-10(9)7-12-11(8-13)4-2-5-11/h3,6,12-13H,2,4-5,7-8H2,1H3. The van der Waals surface area contributed by atoms with E-state index in [9.17, 15) is 5.11 Å². The number of hydrogen-bond acceptors (Lipinski definition) is 3. The summed E-state index contributed by atoms with van der Waals surface area (Å²) in [6.07, 6.45) is 3.48. The van der Waals surface area contributed by atoms with Gasteiger partial charge >= 0.3 is 0 Å². The maximum Gasteiger partial charge on any atom is 0.0613 e. The Morgan fingerprint density at radius 2 is 2.36 bits per heavy atom. The van der Waals surface area contributed by atoms with Gasteiger partial charge in [-0.1, -0.05) is 0 Å². The van der Waals surface area contributed by atoms with Crippen LogP contribution in [0.4, 0.5) is 0 Å².